The van der Waals surface area contributed by atoms with Gasteiger partial charge in [-0.25, -0.2) is 0 Å². The minimum Gasteiger partial charge on any atom is -0.496 e. The van der Waals surface area contributed by atoms with E-state index in [0.717, 1.165) is 18.6 Å². The van der Waals surface area contributed by atoms with Crippen molar-refractivity contribution in [3.8, 4) is 5.75 Å². The minimum absolute atomic E-state index is 0.164. The summed E-state index contributed by atoms with van der Waals surface area (Å²) in [5, 5.41) is 0.208. The molecule has 1 rings (SSSR count). The fraction of sp³-hybridized carbons (Fsp3) is 0.625. The van der Waals surface area contributed by atoms with Crippen LogP contribution in [0.4, 0.5) is 0 Å². The molecular weight excluding hydrogens is 244 g/mol. The summed E-state index contributed by atoms with van der Waals surface area (Å²) in [5.74, 6) is 0.967. The first-order valence-electron chi connectivity index (χ1n) is 6.54. The van der Waals surface area contributed by atoms with Crippen LogP contribution < -0.4 is 4.74 Å². The molecule has 0 radical (unpaired) electrons. The Balaban J connectivity index is 2.77. The van der Waals surface area contributed by atoms with Crippen molar-refractivity contribution in [1.82, 2.24) is 0 Å². The van der Waals surface area contributed by atoms with Crippen molar-refractivity contribution in [1.29, 1.82) is 0 Å². The highest BCUT2D eigenvalue weighted by molar-refractivity contribution is 6.21. The fourth-order valence-electron chi connectivity index (χ4n) is 2.05. The van der Waals surface area contributed by atoms with Gasteiger partial charge in [0.05, 0.1) is 7.11 Å². The predicted molar refractivity (Wildman–Crippen MR) is 79.9 cm³/mol. The van der Waals surface area contributed by atoms with Crippen LogP contribution in [0.3, 0.4) is 0 Å². The van der Waals surface area contributed by atoms with Crippen LogP contribution in [0.25, 0.3) is 0 Å². The largest absolute Gasteiger partial charge is 0.496 e. The van der Waals surface area contributed by atoms with Crippen LogP contribution in [-0.2, 0) is 6.42 Å². The van der Waals surface area contributed by atoms with Crippen LogP contribution in [0.5, 0.6) is 5.75 Å². The van der Waals surface area contributed by atoms with Gasteiger partial charge in [-0.05, 0) is 54.9 Å². The number of rotatable bonds is 4. The standard InChI is InChI=1S/C16H25ClO/c1-11-10-14(18-6)12(2)9-13(11)7-8-15(17)16(3,4)5/h9-10,15H,7-8H2,1-6H3. The minimum atomic E-state index is 0.164. The third kappa shape index (κ3) is 3.91. The monoisotopic (exact) mass is 268 g/mol. The number of halogens is 1. The SMILES string of the molecule is COc1cc(C)c(CCC(Cl)C(C)(C)C)cc1C. The van der Waals surface area contributed by atoms with Gasteiger partial charge in [0.2, 0.25) is 0 Å². The zero-order chi connectivity index (χ0) is 13.9. The number of methoxy groups -OCH3 is 1. The second-order valence-corrected chi connectivity index (χ2v) is 6.65. The molecule has 0 saturated carbocycles. The molecule has 0 aromatic heterocycles. The molecule has 18 heavy (non-hydrogen) atoms. The number of alkyl halides is 1. The Morgan fingerprint density at radius 3 is 2.28 bits per heavy atom. The van der Waals surface area contributed by atoms with Crippen molar-refractivity contribution in [3.05, 3.63) is 28.8 Å². The Hall–Kier alpha value is -0.690. The van der Waals surface area contributed by atoms with E-state index in [0.29, 0.717) is 0 Å². The molecule has 0 fully saturated rings. The highest BCUT2D eigenvalue weighted by Crippen LogP contribution is 2.30. The Morgan fingerprint density at radius 1 is 1.17 bits per heavy atom. The molecule has 1 aromatic rings. The fourth-order valence-corrected chi connectivity index (χ4v) is 2.16. The summed E-state index contributed by atoms with van der Waals surface area (Å²) in [6, 6.07) is 4.34. The van der Waals surface area contributed by atoms with Crippen LogP contribution in [0, 0.1) is 19.3 Å². The number of hydrogen-bond acceptors (Lipinski definition) is 1. The number of hydrogen-bond donors (Lipinski definition) is 0. The molecule has 0 saturated heterocycles. The first-order chi connectivity index (χ1) is 8.25. The van der Waals surface area contributed by atoms with E-state index in [1.165, 1.54) is 16.7 Å². The van der Waals surface area contributed by atoms with Gasteiger partial charge in [-0.2, -0.15) is 0 Å². The first-order valence-corrected chi connectivity index (χ1v) is 6.97. The summed E-state index contributed by atoms with van der Waals surface area (Å²) in [7, 11) is 1.72. The second kappa shape index (κ2) is 5.97. The molecule has 0 N–H and O–H groups in total. The quantitative estimate of drug-likeness (QED) is 0.706. The van der Waals surface area contributed by atoms with E-state index in [-0.39, 0.29) is 10.8 Å². The smallest absolute Gasteiger partial charge is 0.122 e. The molecule has 102 valence electrons. The normalized spacial score (nSPS) is 13.5. The van der Waals surface area contributed by atoms with Crippen LogP contribution in [-0.4, -0.2) is 12.5 Å². The van der Waals surface area contributed by atoms with Gasteiger partial charge >= 0.3 is 0 Å². The van der Waals surface area contributed by atoms with Crippen molar-refractivity contribution >= 4 is 11.6 Å². The van der Waals surface area contributed by atoms with Crippen molar-refractivity contribution in [2.75, 3.05) is 7.11 Å². The molecule has 0 bridgehead atoms. The van der Waals surface area contributed by atoms with Crippen molar-refractivity contribution in [3.63, 3.8) is 0 Å². The van der Waals surface area contributed by atoms with E-state index in [1.54, 1.807) is 7.11 Å². The van der Waals surface area contributed by atoms with Crippen molar-refractivity contribution < 1.29 is 4.74 Å². The zero-order valence-corrected chi connectivity index (χ0v) is 13.2. The summed E-state index contributed by atoms with van der Waals surface area (Å²) in [6.07, 6.45) is 2.04. The van der Waals surface area contributed by atoms with Gasteiger partial charge in [0.25, 0.3) is 0 Å². The molecule has 0 heterocycles. The first kappa shape index (κ1) is 15.4. The van der Waals surface area contributed by atoms with Gasteiger partial charge in [-0.3, -0.25) is 0 Å². The van der Waals surface area contributed by atoms with E-state index < -0.39 is 0 Å². The van der Waals surface area contributed by atoms with E-state index in [4.69, 9.17) is 16.3 Å². The van der Waals surface area contributed by atoms with Crippen LogP contribution in [0.15, 0.2) is 12.1 Å². The van der Waals surface area contributed by atoms with Gasteiger partial charge < -0.3 is 4.74 Å². The average molecular weight is 269 g/mol. The van der Waals surface area contributed by atoms with E-state index >= 15 is 0 Å². The molecule has 1 unspecified atom stereocenters. The van der Waals surface area contributed by atoms with Crippen molar-refractivity contribution in [2.45, 2.75) is 52.8 Å². The molecule has 2 heteroatoms. The van der Waals surface area contributed by atoms with Gasteiger partial charge in [-0.15, -0.1) is 11.6 Å². The molecule has 0 aliphatic heterocycles. The maximum Gasteiger partial charge on any atom is 0.122 e. The van der Waals surface area contributed by atoms with Crippen LogP contribution in [0.1, 0.15) is 43.9 Å². The van der Waals surface area contributed by atoms with Gasteiger partial charge in [0.1, 0.15) is 5.75 Å². The summed E-state index contributed by atoms with van der Waals surface area (Å²) in [6.45, 7) is 10.8. The van der Waals surface area contributed by atoms with Crippen LogP contribution in [0.2, 0.25) is 0 Å². The molecule has 1 aromatic carbocycles. The summed E-state index contributed by atoms with van der Waals surface area (Å²) in [5.41, 5.74) is 4.02. The van der Waals surface area contributed by atoms with Gasteiger partial charge in [0.15, 0.2) is 0 Å². The summed E-state index contributed by atoms with van der Waals surface area (Å²) in [4.78, 5) is 0. The molecule has 0 aliphatic carbocycles. The third-order valence-electron chi connectivity index (χ3n) is 3.46. The van der Waals surface area contributed by atoms with E-state index in [2.05, 4.69) is 46.8 Å². The molecule has 0 spiro atoms. The van der Waals surface area contributed by atoms with E-state index in [1.807, 2.05) is 0 Å². The molecule has 1 nitrogen and oxygen atoms in total. The average Bonchev–Trinajstić information content (AvgIpc) is 2.27. The third-order valence-corrected chi connectivity index (χ3v) is 4.33. The molecule has 0 aliphatic rings. The molecular formula is C16H25ClO. The summed E-state index contributed by atoms with van der Waals surface area (Å²) >= 11 is 6.43. The topological polar surface area (TPSA) is 9.23 Å². The maximum atomic E-state index is 6.43. The lowest BCUT2D eigenvalue weighted by Gasteiger charge is -2.25. The number of aryl methyl sites for hydroxylation is 3. The Bertz CT molecular complexity index is 404. The second-order valence-electron chi connectivity index (χ2n) is 6.12. The zero-order valence-electron chi connectivity index (χ0n) is 12.4. The van der Waals surface area contributed by atoms with Crippen LogP contribution >= 0.6 is 11.6 Å². The lowest BCUT2D eigenvalue weighted by atomic mass is 9.87. The molecule has 1 atom stereocenters. The Morgan fingerprint density at radius 2 is 1.78 bits per heavy atom. The Labute approximate surface area is 116 Å². The summed E-state index contributed by atoms with van der Waals surface area (Å²) < 4.78 is 5.33. The van der Waals surface area contributed by atoms with Crippen molar-refractivity contribution in [2.24, 2.45) is 5.41 Å². The molecule has 0 amide bonds. The highest BCUT2D eigenvalue weighted by atomic mass is 35.5. The number of ether oxygens (including phenoxy) is 1. The van der Waals surface area contributed by atoms with Gasteiger partial charge in [0, 0.05) is 5.38 Å². The number of benzene rings is 1. The van der Waals surface area contributed by atoms with Gasteiger partial charge in [-0.1, -0.05) is 26.8 Å². The lowest BCUT2D eigenvalue weighted by molar-refractivity contribution is 0.374. The lowest BCUT2D eigenvalue weighted by Crippen LogP contribution is -2.21. The Kier molecular flexibility index (Phi) is 5.10. The van der Waals surface area contributed by atoms with E-state index in [9.17, 15) is 0 Å². The predicted octanol–water partition coefficient (Wildman–Crippen LogP) is 4.90. The maximum absolute atomic E-state index is 6.43. The highest BCUT2D eigenvalue weighted by Gasteiger charge is 2.22.